The van der Waals surface area contributed by atoms with Gasteiger partial charge in [-0.15, -0.1) is 0 Å². The maximum Gasteiger partial charge on any atom is 0.225 e. The molecule has 1 aliphatic rings. The summed E-state index contributed by atoms with van der Waals surface area (Å²) >= 11 is 10.4. The van der Waals surface area contributed by atoms with Crippen molar-refractivity contribution in [3.05, 3.63) is 11.4 Å². The molecular formula is C8H9Cl2FO. The highest BCUT2D eigenvalue weighted by Crippen LogP contribution is 2.60. The van der Waals surface area contributed by atoms with E-state index in [0.29, 0.717) is 0 Å². The van der Waals surface area contributed by atoms with Gasteiger partial charge < -0.3 is 0 Å². The lowest BCUT2D eigenvalue weighted by Gasteiger charge is -1.95. The molecule has 1 rings (SSSR count). The fourth-order valence-electron chi connectivity index (χ4n) is 1.56. The molecule has 0 aromatic carbocycles. The first kappa shape index (κ1) is 10.0. The Balaban J connectivity index is 2.73. The SMILES string of the molecule is CC1(C)C(/C=C(/F)Cl)C1C(=O)Cl. The third kappa shape index (κ3) is 1.64. The molecule has 4 heteroatoms. The summed E-state index contributed by atoms with van der Waals surface area (Å²) < 4.78 is 12.2. The van der Waals surface area contributed by atoms with Crippen molar-refractivity contribution in [3.8, 4) is 0 Å². The number of allylic oxidation sites excluding steroid dienone is 1. The summed E-state index contributed by atoms with van der Waals surface area (Å²) in [5.74, 6) is -0.441. The molecule has 1 saturated carbocycles. The van der Waals surface area contributed by atoms with E-state index in [1.165, 1.54) is 6.08 Å². The summed E-state index contributed by atoms with van der Waals surface area (Å²) in [6.45, 7) is 3.72. The highest BCUT2D eigenvalue weighted by atomic mass is 35.5. The Hall–Kier alpha value is -0.0800. The lowest BCUT2D eigenvalue weighted by atomic mass is 10.1. The molecule has 2 unspecified atom stereocenters. The van der Waals surface area contributed by atoms with Crippen LogP contribution in [0.25, 0.3) is 0 Å². The number of halogens is 3. The van der Waals surface area contributed by atoms with E-state index < -0.39 is 10.5 Å². The Morgan fingerprint density at radius 2 is 2.00 bits per heavy atom. The summed E-state index contributed by atoms with van der Waals surface area (Å²) in [7, 11) is 0. The zero-order valence-electron chi connectivity index (χ0n) is 6.77. The zero-order valence-corrected chi connectivity index (χ0v) is 8.29. The topological polar surface area (TPSA) is 17.1 Å². The highest BCUT2D eigenvalue weighted by Gasteiger charge is 2.60. The van der Waals surface area contributed by atoms with E-state index in [1.54, 1.807) is 0 Å². The molecule has 0 radical (unpaired) electrons. The van der Waals surface area contributed by atoms with Gasteiger partial charge in [-0.3, -0.25) is 4.79 Å². The fraction of sp³-hybridized carbons (Fsp3) is 0.625. The van der Waals surface area contributed by atoms with Crippen molar-refractivity contribution < 1.29 is 9.18 Å². The van der Waals surface area contributed by atoms with Crippen LogP contribution in [0.2, 0.25) is 0 Å². The van der Waals surface area contributed by atoms with Crippen molar-refractivity contribution in [2.24, 2.45) is 17.3 Å². The first-order valence-corrected chi connectivity index (χ1v) is 4.35. The van der Waals surface area contributed by atoms with Gasteiger partial charge in [0.15, 0.2) is 5.29 Å². The van der Waals surface area contributed by atoms with E-state index in [-0.39, 0.29) is 17.3 Å². The Morgan fingerprint density at radius 3 is 2.25 bits per heavy atom. The van der Waals surface area contributed by atoms with Crippen LogP contribution in [0.4, 0.5) is 4.39 Å². The van der Waals surface area contributed by atoms with Crippen LogP contribution in [0.1, 0.15) is 13.8 Å². The maximum absolute atomic E-state index is 12.2. The fourth-order valence-corrected chi connectivity index (χ4v) is 2.11. The van der Waals surface area contributed by atoms with E-state index in [4.69, 9.17) is 23.2 Å². The van der Waals surface area contributed by atoms with Crippen molar-refractivity contribution in [1.29, 1.82) is 0 Å². The van der Waals surface area contributed by atoms with E-state index in [9.17, 15) is 9.18 Å². The molecule has 12 heavy (non-hydrogen) atoms. The van der Waals surface area contributed by atoms with Gasteiger partial charge in [-0.1, -0.05) is 25.4 Å². The predicted molar refractivity (Wildman–Crippen MR) is 46.7 cm³/mol. The normalized spacial score (nSPS) is 33.2. The largest absolute Gasteiger partial charge is 0.281 e. The summed E-state index contributed by atoms with van der Waals surface area (Å²) in [5.41, 5.74) is -0.245. The van der Waals surface area contributed by atoms with Crippen molar-refractivity contribution in [3.63, 3.8) is 0 Å². The van der Waals surface area contributed by atoms with E-state index in [0.717, 1.165) is 0 Å². The molecule has 0 bridgehead atoms. The van der Waals surface area contributed by atoms with Crippen LogP contribution in [0.5, 0.6) is 0 Å². The second kappa shape index (κ2) is 3.00. The summed E-state index contributed by atoms with van der Waals surface area (Å²) in [5, 5.41) is -1.19. The van der Waals surface area contributed by atoms with Crippen LogP contribution in [0.3, 0.4) is 0 Å². The first-order valence-electron chi connectivity index (χ1n) is 3.59. The van der Waals surface area contributed by atoms with Gasteiger partial charge in [0.2, 0.25) is 5.24 Å². The monoisotopic (exact) mass is 210 g/mol. The van der Waals surface area contributed by atoms with Crippen LogP contribution >= 0.6 is 23.2 Å². The van der Waals surface area contributed by atoms with Gasteiger partial charge in [-0.2, -0.15) is 4.39 Å². The molecular weight excluding hydrogens is 202 g/mol. The van der Waals surface area contributed by atoms with Gasteiger partial charge >= 0.3 is 0 Å². The minimum atomic E-state index is -0.770. The number of hydrogen-bond donors (Lipinski definition) is 0. The Morgan fingerprint density at radius 1 is 1.50 bits per heavy atom. The summed E-state index contributed by atoms with van der Waals surface area (Å²) in [4.78, 5) is 10.8. The highest BCUT2D eigenvalue weighted by molar-refractivity contribution is 6.64. The molecule has 0 N–H and O–H groups in total. The van der Waals surface area contributed by atoms with Crippen LogP contribution in [-0.4, -0.2) is 5.24 Å². The standard InChI is InChI=1S/C8H9Cl2FO/c1-8(2)4(3-5(9)11)6(8)7(10)12/h3-4,6H,1-2H3/b5-3+. The Bertz CT molecular complexity index is 243. The van der Waals surface area contributed by atoms with E-state index >= 15 is 0 Å². The minimum Gasteiger partial charge on any atom is -0.281 e. The lowest BCUT2D eigenvalue weighted by molar-refractivity contribution is -0.113. The van der Waals surface area contributed by atoms with Crippen LogP contribution in [-0.2, 0) is 4.79 Å². The third-order valence-corrected chi connectivity index (χ3v) is 2.82. The molecule has 0 amide bonds. The predicted octanol–water partition coefficient (Wildman–Crippen LogP) is 3.07. The molecule has 0 aliphatic heterocycles. The Kier molecular flexibility index (Phi) is 2.50. The zero-order chi connectivity index (χ0) is 9.52. The molecule has 1 nitrogen and oxygen atoms in total. The van der Waals surface area contributed by atoms with Crippen LogP contribution in [0.15, 0.2) is 11.4 Å². The smallest absolute Gasteiger partial charge is 0.225 e. The van der Waals surface area contributed by atoms with Gasteiger partial charge in [0, 0.05) is 5.92 Å². The average Bonchev–Trinajstić information content (AvgIpc) is 2.32. The second-order valence-electron chi connectivity index (χ2n) is 3.59. The third-order valence-electron chi connectivity index (χ3n) is 2.46. The molecule has 0 spiro atoms. The average molecular weight is 211 g/mol. The molecule has 0 aromatic rings. The number of carbonyl (C=O) groups excluding carboxylic acids is 1. The molecule has 1 aliphatic carbocycles. The lowest BCUT2D eigenvalue weighted by Crippen LogP contribution is -1.96. The van der Waals surface area contributed by atoms with Gasteiger partial charge in [-0.05, 0) is 29.0 Å². The summed E-state index contributed by atoms with van der Waals surface area (Å²) in [6.07, 6.45) is 1.24. The second-order valence-corrected chi connectivity index (χ2v) is 4.32. The molecule has 68 valence electrons. The number of rotatable bonds is 2. The van der Waals surface area contributed by atoms with Gasteiger partial charge in [0.1, 0.15) is 0 Å². The van der Waals surface area contributed by atoms with E-state index in [2.05, 4.69) is 0 Å². The van der Waals surface area contributed by atoms with Crippen molar-refractivity contribution in [2.75, 3.05) is 0 Å². The molecule has 0 saturated heterocycles. The summed E-state index contributed by atoms with van der Waals surface area (Å²) in [6, 6.07) is 0. The number of hydrogen-bond acceptors (Lipinski definition) is 1. The first-order chi connectivity index (χ1) is 5.37. The van der Waals surface area contributed by atoms with Gasteiger partial charge in [0.05, 0.1) is 0 Å². The van der Waals surface area contributed by atoms with Crippen LogP contribution < -0.4 is 0 Å². The van der Waals surface area contributed by atoms with Gasteiger partial charge in [0.25, 0.3) is 0 Å². The minimum absolute atomic E-state index is 0.153. The molecule has 0 heterocycles. The number of carbonyl (C=O) groups is 1. The van der Waals surface area contributed by atoms with E-state index in [1.807, 2.05) is 13.8 Å². The van der Waals surface area contributed by atoms with Gasteiger partial charge in [-0.25, -0.2) is 0 Å². The maximum atomic E-state index is 12.2. The van der Waals surface area contributed by atoms with Crippen molar-refractivity contribution >= 4 is 28.4 Å². The van der Waals surface area contributed by atoms with Crippen LogP contribution in [0, 0.1) is 17.3 Å². The quantitative estimate of drug-likeness (QED) is 0.641. The molecule has 2 atom stereocenters. The van der Waals surface area contributed by atoms with Crippen molar-refractivity contribution in [2.45, 2.75) is 13.8 Å². The Labute approximate surface area is 80.5 Å². The van der Waals surface area contributed by atoms with Crippen molar-refractivity contribution in [1.82, 2.24) is 0 Å². The molecule has 1 fully saturated rings. The molecule has 0 aromatic heterocycles.